The van der Waals surface area contributed by atoms with Crippen LogP contribution in [0.5, 0.6) is 5.75 Å². The van der Waals surface area contributed by atoms with Gasteiger partial charge in [0.1, 0.15) is 29.1 Å². The van der Waals surface area contributed by atoms with Crippen LogP contribution in [-0.4, -0.2) is 28.4 Å². The molecule has 0 spiro atoms. The minimum Gasteiger partial charge on any atom is -0.493 e. The molecule has 0 aliphatic heterocycles. The highest BCUT2D eigenvalue weighted by Crippen LogP contribution is 2.35. The Balaban J connectivity index is 1.88. The summed E-state index contributed by atoms with van der Waals surface area (Å²) in [6, 6.07) is 16.0. The zero-order chi connectivity index (χ0) is 25.5. The van der Waals surface area contributed by atoms with Crippen LogP contribution < -0.4 is 15.0 Å². The van der Waals surface area contributed by atoms with Gasteiger partial charge in [-0.3, -0.25) is 19.5 Å². The molecule has 0 radical (unpaired) electrons. The molecule has 4 aromatic rings. The lowest BCUT2D eigenvalue weighted by atomic mass is 10.0. The molecule has 1 unspecified atom stereocenters. The number of nitrogens with one attached hydrogen (secondary N) is 1. The Bertz CT molecular complexity index is 1330. The van der Waals surface area contributed by atoms with E-state index in [9.17, 15) is 18.4 Å². The van der Waals surface area contributed by atoms with Crippen LogP contribution in [0.15, 0.2) is 91.4 Å². The summed E-state index contributed by atoms with van der Waals surface area (Å²) in [4.78, 5) is 36.9. The van der Waals surface area contributed by atoms with Gasteiger partial charge in [0.25, 0.3) is 11.8 Å². The maximum Gasteiger partial charge on any atom is 0.279 e. The number of anilines is 2. The van der Waals surface area contributed by atoms with Crippen LogP contribution in [0.25, 0.3) is 0 Å². The van der Waals surface area contributed by atoms with Crippen molar-refractivity contribution in [1.29, 1.82) is 0 Å². The number of aromatic nitrogens is 2. The van der Waals surface area contributed by atoms with Crippen molar-refractivity contribution in [2.75, 3.05) is 16.8 Å². The molecule has 182 valence electrons. The highest BCUT2D eigenvalue weighted by atomic mass is 19.1. The van der Waals surface area contributed by atoms with Crippen molar-refractivity contribution in [1.82, 2.24) is 9.97 Å². The molecule has 3 aromatic carbocycles. The molecule has 9 heteroatoms. The van der Waals surface area contributed by atoms with Gasteiger partial charge in [0.15, 0.2) is 0 Å². The van der Waals surface area contributed by atoms with E-state index in [2.05, 4.69) is 15.3 Å². The number of nitrogens with zero attached hydrogens (tertiary/aromatic N) is 3. The number of halogens is 2. The van der Waals surface area contributed by atoms with E-state index in [0.29, 0.717) is 23.6 Å². The van der Waals surface area contributed by atoms with Crippen LogP contribution in [-0.2, 0) is 4.79 Å². The minimum absolute atomic E-state index is 0.0182. The van der Waals surface area contributed by atoms with Crippen LogP contribution in [0.2, 0.25) is 0 Å². The topological polar surface area (TPSA) is 84.4 Å². The Morgan fingerprint density at radius 2 is 1.61 bits per heavy atom. The molecule has 0 saturated heterocycles. The van der Waals surface area contributed by atoms with Gasteiger partial charge in [0.2, 0.25) is 0 Å². The molecule has 4 rings (SSSR count). The van der Waals surface area contributed by atoms with Gasteiger partial charge in [-0.05, 0) is 61.5 Å². The first kappa shape index (κ1) is 24.5. The number of hydrogen-bond donors (Lipinski definition) is 1. The van der Waals surface area contributed by atoms with E-state index in [1.54, 1.807) is 31.2 Å². The van der Waals surface area contributed by atoms with E-state index in [1.165, 1.54) is 72.0 Å². The van der Waals surface area contributed by atoms with Crippen LogP contribution in [0.4, 0.5) is 20.2 Å². The third-order valence-corrected chi connectivity index (χ3v) is 5.24. The maximum absolute atomic E-state index is 13.8. The third kappa shape index (κ3) is 5.52. The highest BCUT2D eigenvalue weighted by molar-refractivity contribution is 6.11. The Morgan fingerprint density at radius 1 is 0.944 bits per heavy atom. The molecule has 1 heterocycles. The van der Waals surface area contributed by atoms with E-state index in [1.807, 2.05) is 0 Å². The van der Waals surface area contributed by atoms with Crippen molar-refractivity contribution >= 4 is 23.2 Å². The second-order valence-corrected chi connectivity index (χ2v) is 7.61. The van der Waals surface area contributed by atoms with Crippen molar-refractivity contribution in [2.45, 2.75) is 13.0 Å². The van der Waals surface area contributed by atoms with Crippen molar-refractivity contribution in [3.8, 4) is 5.75 Å². The number of ether oxygens (including phenoxy) is 1. The lowest BCUT2D eigenvalue weighted by Crippen LogP contribution is -2.42. The summed E-state index contributed by atoms with van der Waals surface area (Å²) in [7, 11) is 0. The Morgan fingerprint density at radius 3 is 2.25 bits per heavy atom. The molecule has 2 amide bonds. The van der Waals surface area contributed by atoms with Crippen molar-refractivity contribution < 1.29 is 23.1 Å². The molecule has 0 aliphatic carbocycles. The van der Waals surface area contributed by atoms with Crippen LogP contribution in [0, 0.1) is 11.6 Å². The summed E-state index contributed by atoms with van der Waals surface area (Å²) in [5.74, 6) is -1.82. The average Bonchev–Trinajstić information content (AvgIpc) is 2.90. The molecule has 0 fully saturated rings. The van der Waals surface area contributed by atoms with Gasteiger partial charge in [0.05, 0.1) is 12.8 Å². The molecule has 0 saturated carbocycles. The number of benzene rings is 3. The molecule has 36 heavy (non-hydrogen) atoms. The smallest absolute Gasteiger partial charge is 0.279 e. The molecule has 7 nitrogen and oxygen atoms in total. The van der Waals surface area contributed by atoms with E-state index < -0.39 is 29.5 Å². The zero-order valence-electron chi connectivity index (χ0n) is 19.3. The predicted molar refractivity (Wildman–Crippen MR) is 131 cm³/mol. The van der Waals surface area contributed by atoms with Crippen LogP contribution in [0.3, 0.4) is 0 Å². The quantitative estimate of drug-likeness (QED) is 0.370. The predicted octanol–water partition coefficient (Wildman–Crippen LogP) is 5.18. The standard InChI is InChI=1S/C27H22F2N4O3/c1-2-36-24-6-4-3-5-22(24)25(26(34)32-20-11-7-18(28)8-12-20)33(21-13-9-19(29)10-14-21)27(35)23-17-30-15-16-31-23/h3-17,25H,2H2,1H3,(H,32,34). The maximum atomic E-state index is 13.8. The summed E-state index contributed by atoms with van der Waals surface area (Å²) >= 11 is 0. The molecule has 1 atom stereocenters. The molecule has 0 bridgehead atoms. The molecule has 1 N–H and O–H groups in total. The van der Waals surface area contributed by atoms with Crippen molar-refractivity contribution in [3.63, 3.8) is 0 Å². The van der Waals surface area contributed by atoms with Gasteiger partial charge >= 0.3 is 0 Å². The summed E-state index contributed by atoms with van der Waals surface area (Å²) in [5, 5.41) is 2.74. The summed E-state index contributed by atoms with van der Waals surface area (Å²) in [6.45, 7) is 2.12. The molecule has 0 aliphatic rings. The zero-order valence-corrected chi connectivity index (χ0v) is 19.3. The van der Waals surface area contributed by atoms with Crippen LogP contribution >= 0.6 is 0 Å². The van der Waals surface area contributed by atoms with E-state index in [-0.39, 0.29) is 11.4 Å². The number of hydrogen-bond acceptors (Lipinski definition) is 5. The van der Waals surface area contributed by atoms with E-state index in [4.69, 9.17) is 4.74 Å². The second-order valence-electron chi connectivity index (χ2n) is 7.61. The Hall–Kier alpha value is -4.66. The van der Waals surface area contributed by atoms with Crippen molar-refractivity contribution in [2.24, 2.45) is 0 Å². The highest BCUT2D eigenvalue weighted by Gasteiger charge is 2.36. The van der Waals surface area contributed by atoms with Gasteiger partial charge in [-0.25, -0.2) is 13.8 Å². The fourth-order valence-corrected chi connectivity index (χ4v) is 3.65. The van der Waals surface area contributed by atoms with Crippen LogP contribution in [0.1, 0.15) is 29.0 Å². The molecular formula is C27H22F2N4O3. The van der Waals surface area contributed by atoms with Gasteiger partial charge in [-0.1, -0.05) is 18.2 Å². The van der Waals surface area contributed by atoms with Gasteiger partial charge in [0, 0.05) is 29.3 Å². The SMILES string of the molecule is CCOc1ccccc1C(C(=O)Nc1ccc(F)cc1)N(C(=O)c1cnccn1)c1ccc(F)cc1. The molecule has 1 aromatic heterocycles. The Labute approximate surface area is 206 Å². The second kappa shape index (κ2) is 11.2. The fraction of sp³-hybridized carbons (Fsp3) is 0.111. The largest absolute Gasteiger partial charge is 0.493 e. The minimum atomic E-state index is -1.27. The number of para-hydroxylation sites is 1. The lowest BCUT2D eigenvalue weighted by molar-refractivity contribution is -0.117. The first-order chi connectivity index (χ1) is 17.5. The average molecular weight is 488 g/mol. The Kier molecular flexibility index (Phi) is 7.60. The molecular weight excluding hydrogens is 466 g/mol. The monoisotopic (exact) mass is 488 g/mol. The normalized spacial score (nSPS) is 11.4. The number of carbonyl (C=O) groups excluding carboxylic acids is 2. The first-order valence-electron chi connectivity index (χ1n) is 11.1. The van der Waals surface area contributed by atoms with Gasteiger partial charge in [-0.2, -0.15) is 0 Å². The number of amides is 2. The van der Waals surface area contributed by atoms with Gasteiger partial charge < -0.3 is 10.1 Å². The van der Waals surface area contributed by atoms with Crippen molar-refractivity contribution in [3.05, 3.63) is 114 Å². The summed E-state index contributed by atoms with van der Waals surface area (Å²) in [6.07, 6.45) is 4.06. The third-order valence-electron chi connectivity index (χ3n) is 5.24. The van der Waals surface area contributed by atoms with Gasteiger partial charge in [-0.15, -0.1) is 0 Å². The summed E-state index contributed by atoms with van der Waals surface area (Å²) < 4.78 is 33.0. The van der Waals surface area contributed by atoms with E-state index >= 15 is 0 Å². The lowest BCUT2D eigenvalue weighted by Gasteiger charge is -2.32. The first-order valence-corrected chi connectivity index (χ1v) is 11.1. The number of carbonyl (C=O) groups is 2. The fourth-order valence-electron chi connectivity index (χ4n) is 3.65. The number of rotatable bonds is 8. The summed E-state index contributed by atoms with van der Waals surface area (Å²) in [5.41, 5.74) is 0.944. The van der Waals surface area contributed by atoms with E-state index in [0.717, 1.165) is 0 Å².